The van der Waals surface area contributed by atoms with Gasteiger partial charge in [-0.1, -0.05) is 11.6 Å². The minimum absolute atomic E-state index is 0.227. The Bertz CT molecular complexity index is 278. The van der Waals surface area contributed by atoms with Gasteiger partial charge in [0, 0.05) is 5.57 Å². The lowest BCUT2D eigenvalue weighted by atomic mass is 9.96. The number of halogens is 2. The third-order valence-corrected chi connectivity index (χ3v) is 2.27. The van der Waals surface area contributed by atoms with Gasteiger partial charge in [0.25, 0.3) is 0 Å². The first kappa shape index (κ1) is 10.3. The van der Waals surface area contributed by atoms with Gasteiger partial charge in [0.15, 0.2) is 0 Å². The van der Waals surface area contributed by atoms with E-state index in [4.69, 9.17) is 11.6 Å². The van der Waals surface area contributed by atoms with Crippen LogP contribution < -0.4 is 5.32 Å². The van der Waals surface area contributed by atoms with Gasteiger partial charge in [0.05, 0.1) is 5.03 Å². The molecule has 1 aliphatic rings. The smallest absolute Gasteiger partial charge is 0.147 e. The topological polar surface area (TPSA) is 29.1 Å². The molecule has 0 saturated heterocycles. The molecular weight excluding hydrogens is 193 g/mol. The second kappa shape index (κ2) is 3.50. The average molecular weight is 204 g/mol. The van der Waals surface area contributed by atoms with Gasteiger partial charge in [-0.2, -0.15) is 0 Å². The molecule has 1 atom stereocenters. The maximum Gasteiger partial charge on any atom is 0.147 e. The van der Waals surface area contributed by atoms with Crippen LogP contribution in [0.4, 0.5) is 4.39 Å². The summed E-state index contributed by atoms with van der Waals surface area (Å²) in [5.74, 6) is 0. The van der Waals surface area contributed by atoms with E-state index in [0.29, 0.717) is 11.9 Å². The molecular formula is C9H11ClFNO. The van der Waals surface area contributed by atoms with E-state index in [1.807, 2.05) is 0 Å². The summed E-state index contributed by atoms with van der Waals surface area (Å²) in [6.45, 7) is 2.81. The van der Waals surface area contributed by atoms with E-state index < -0.39 is 11.7 Å². The van der Waals surface area contributed by atoms with Crippen molar-refractivity contribution in [2.24, 2.45) is 0 Å². The Morgan fingerprint density at radius 1 is 1.69 bits per heavy atom. The summed E-state index contributed by atoms with van der Waals surface area (Å²) >= 11 is 5.83. The molecule has 1 unspecified atom stereocenters. The van der Waals surface area contributed by atoms with Crippen molar-refractivity contribution in [3.05, 3.63) is 22.9 Å². The van der Waals surface area contributed by atoms with E-state index in [-0.39, 0.29) is 5.03 Å². The monoisotopic (exact) mass is 203 g/mol. The molecule has 0 aromatic carbocycles. The lowest BCUT2D eigenvalue weighted by Crippen LogP contribution is -2.32. The first-order valence-electron chi connectivity index (χ1n) is 3.94. The molecule has 0 spiro atoms. The summed E-state index contributed by atoms with van der Waals surface area (Å²) in [6.07, 6.45) is 3.72. The number of nitrogens with one attached hydrogen (secondary N) is 1. The Morgan fingerprint density at radius 2 is 2.31 bits per heavy atom. The van der Waals surface area contributed by atoms with Crippen molar-refractivity contribution in [3.8, 4) is 0 Å². The van der Waals surface area contributed by atoms with Crippen LogP contribution in [0.25, 0.3) is 0 Å². The first-order valence-corrected chi connectivity index (χ1v) is 4.31. The fourth-order valence-corrected chi connectivity index (χ4v) is 1.54. The molecule has 1 N–H and O–H groups in total. The van der Waals surface area contributed by atoms with Crippen molar-refractivity contribution in [2.75, 3.05) is 0 Å². The third-order valence-electron chi connectivity index (χ3n) is 1.83. The van der Waals surface area contributed by atoms with E-state index in [2.05, 4.69) is 5.32 Å². The van der Waals surface area contributed by atoms with E-state index in [1.54, 1.807) is 6.08 Å². The van der Waals surface area contributed by atoms with Crippen molar-refractivity contribution >= 4 is 17.9 Å². The van der Waals surface area contributed by atoms with Crippen LogP contribution in [0.3, 0.4) is 0 Å². The van der Waals surface area contributed by atoms with Crippen LogP contribution in [-0.2, 0) is 4.79 Å². The Kier molecular flexibility index (Phi) is 2.76. The SMILES string of the molecule is CC(C)(F)C1=C(Cl)C(C=O)NC=C1. The van der Waals surface area contributed by atoms with Crippen molar-refractivity contribution in [1.29, 1.82) is 0 Å². The maximum atomic E-state index is 13.5. The van der Waals surface area contributed by atoms with Crippen LogP contribution in [0.5, 0.6) is 0 Å². The van der Waals surface area contributed by atoms with Crippen molar-refractivity contribution < 1.29 is 9.18 Å². The highest BCUT2D eigenvalue weighted by Gasteiger charge is 2.28. The van der Waals surface area contributed by atoms with Crippen molar-refractivity contribution in [2.45, 2.75) is 25.6 Å². The van der Waals surface area contributed by atoms with Crippen LogP contribution >= 0.6 is 11.6 Å². The van der Waals surface area contributed by atoms with Gasteiger partial charge >= 0.3 is 0 Å². The molecule has 0 amide bonds. The molecule has 1 aliphatic heterocycles. The zero-order valence-electron chi connectivity index (χ0n) is 7.47. The Morgan fingerprint density at radius 3 is 2.77 bits per heavy atom. The van der Waals surface area contributed by atoms with Gasteiger partial charge in [-0.15, -0.1) is 0 Å². The first-order chi connectivity index (χ1) is 5.96. The maximum absolute atomic E-state index is 13.5. The van der Waals surface area contributed by atoms with Gasteiger partial charge in [0.1, 0.15) is 18.0 Å². The molecule has 0 aromatic heterocycles. The van der Waals surface area contributed by atoms with E-state index in [9.17, 15) is 9.18 Å². The summed E-state index contributed by atoms with van der Waals surface area (Å²) in [4.78, 5) is 10.5. The fourth-order valence-electron chi connectivity index (χ4n) is 1.14. The number of carbonyl (C=O) groups is 1. The molecule has 0 radical (unpaired) electrons. The molecule has 4 heteroatoms. The summed E-state index contributed by atoms with van der Waals surface area (Å²) in [7, 11) is 0. The summed E-state index contributed by atoms with van der Waals surface area (Å²) in [5, 5.41) is 2.94. The molecule has 0 aliphatic carbocycles. The fraction of sp³-hybridized carbons (Fsp3) is 0.444. The largest absolute Gasteiger partial charge is 0.377 e. The number of alkyl halides is 1. The highest BCUT2D eigenvalue weighted by atomic mass is 35.5. The molecule has 0 fully saturated rings. The second-order valence-corrected chi connectivity index (χ2v) is 3.76. The average Bonchev–Trinajstić information content (AvgIpc) is 2.02. The van der Waals surface area contributed by atoms with Crippen molar-refractivity contribution in [3.63, 3.8) is 0 Å². The van der Waals surface area contributed by atoms with E-state index in [1.165, 1.54) is 20.0 Å². The summed E-state index contributed by atoms with van der Waals surface area (Å²) in [5.41, 5.74) is -1.17. The number of dihydropyridines is 1. The van der Waals surface area contributed by atoms with Gasteiger partial charge in [-0.25, -0.2) is 4.39 Å². The third kappa shape index (κ3) is 2.10. The molecule has 0 bridgehead atoms. The van der Waals surface area contributed by atoms with Gasteiger partial charge in [-0.05, 0) is 26.1 Å². The van der Waals surface area contributed by atoms with E-state index >= 15 is 0 Å². The Hall–Kier alpha value is -0.830. The standard InChI is InChI=1S/C9H11ClFNO/c1-9(2,11)6-3-4-12-7(5-13)8(6)10/h3-5,7,12H,1-2H3. The van der Waals surface area contributed by atoms with Crippen molar-refractivity contribution in [1.82, 2.24) is 5.32 Å². The molecule has 2 nitrogen and oxygen atoms in total. The number of rotatable bonds is 2. The minimum atomic E-state index is -1.52. The number of aldehydes is 1. The zero-order valence-corrected chi connectivity index (χ0v) is 8.23. The molecule has 0 aromatic rings. The number of carbonyl (C=O) groups excluding carboxylic acids is 1. The molecule has 13 heavy (non-hydrogen) atoms. The Labute approximate surface area is 81.5 Å². The van der Waals surface area contributed by atoms with Crippen LogP contribution in [0.1, 0.15) is 13.8 Å². The van der Waals surface area contributed by atoms with Crippen LogP contribution in [0.2, 0.25) is 0 Å². The van der Waals surface area contributed by atoms with Gasteiger partial charge < -0.3 is 10.1 Å². The lowest BCUT2D eigenvalue weighted by Gasteiger charge is -2.24. The lowest BCUT2D eigenvalue weighted by molar-refractivity contribution is -0.108. The molecule has 1 rings (SSSR count). The molecule has 0 saturated carbocycles. The van der Waals surface area contributed by atoms with Crippen LogP contribution in [-0.4, -0.2) is 18.0 Å². The minimum Gasteiger partial charge on any atom is -0.377 e. The predicted octanol–water partition coefficient (Wildman–Crippen LogP) is 1.91. The van der Waals surface area contributed by atoms with Crippen LogP contribution in [0.15, 0.2) is 22.9 Å². The Balaban J connectivity index is 3.06. The molecule has 1 heterocycles. The summed E-state index contributed by atoms with van der Waals surface area (Å²) in [6, 6.07) is -0.614. The van der Waals surface area contributed by atoms with Gasteiger partial charge in [0.2, 0.25) is 0 Å². The highest BCUT2D eigenvalue weighted by Crippen LogP contribution is 2.30. The zero-order chi connectivity index (χ0) is 10.1. The van der Waals surface area contributed by atoms with Crippen LogP contribution in [0, 0.1) is 0 Å². The summed E-state index contributed by atoms with van der Waals surface area (Å²) < 4.78 is 13.5. The second-order valence-electron chi connectivity index (χ2n) is 3.35. The highest BCUT2D eigenvalue weighted by molar-refractivity contribution is 6.32. The van der Waals surface area contributed by atoms with Gasteiger partial charge in [-0.3, -0.25) is 0 Å². The van der Waals surface area contributed by atoms with E-state index in [0.717, 1.165) is 0 Å². The normalized spacial score (nSPS) is 22.9. The molecule has 72 valence electrons. The number of hydrogen-bond donors (Lipinski definition) is 1. The number of hydrogen-bond acceptors (Lipinski definition) is 2. The quantitative estimate of drug-likeness (QED) is 0.695. The number of allylic oxidation sites excluding steroid dienone is 2. The predicted molar refractivity (Wildman–Crippen MR) is 50.2 cm³/mol.